The van der Waals surface area contributed by atoms with Crippen molar-refractivity contribution in [3.8, 4) is 22.5 Å². The number of pyridine rings is 4. The van der Waals surface area contributed by atoms with Crippen LogP contribution in [-0.2, 0) is 30.2 Å². The van der Waals surface area contributed by atoms with Gasteiger partial charge in [0.25, 0.3) is 0 Å². The molecular weight excluding hydrogens is 665 g/mol. The monoisotopic (exact) mass is 671 g/mol. The molecule has 5 rings (SSSR count). The number of hydrogen-bond acceptors (Lipinski definition) is 6. The molecule has 5 nitrogen and oxygen atoms in total. The summed E-state index contributed by atoms with van der Waals surface area (Å²) in [5.41, 5.74) is -1.62. The summed E-state index contributed by atoms with van der Waals surface area (Å²) in [6.07, 6.45) is 0. The number of hydrogen-bond donors (Lipinski definition) is 0. The van der Waals surface area contributed by atoms with Crippen LogP contribution in [-0.4, -0.2) is 19.9 Å². The molecule has 1 fully saturated rings. The Labute approximate surface area is 206 Å². The molecule has 5 heterocycles. The molecule has 4 aromatic heterocycles. The minimum absolute atomic E-state index is 0. The zero-order chi connectivity index (χ0) is 23.3. The van der Waals surface area contributed by atoms with Gasteiger partial charge in [-0.25, -0.2) is 26.3 Å². The van der Waals surface area contributed by atoms with Crippen molar-refractivity contribution in [2.75, 3.05) is 0 Å². The van der Waals surface area contributed by atoms with Gasteiger partial charge >= 0.3 is 21.1 Å². The summed E-state index contributed by atoms with van der Waals surface area (Å²) in [5, 5.41) is 0. The normalized spacial score (nSPS) is 13.9. The fraction of sp³-hybridized carbons (Fsp3) is 0.0476. The molecule has 0 N–H and O–H groups in total. The topological polar surface area (TPSA) is 64.1 Å². The molecule has 0 aromatic carbocycles. The first-order chi connectivity index (χ1) is 15.7. The van der Waals surface area contributed by atoms with Crippen molar-refractivity contribution in [2.24, 2.45) is 0 Å². The second kappa shape index (κ2) is 9.09. The van der Waals surface area contributed by atoms with Crippen molar-refractivity contribution in [3.63, 3.8) is 0 Å². The Bertz CT molecular complexity index is 1320. The summed E-state index contributed by atoms with van der Waals surface area (Å²) < 4.78 is 88.5. The minimum atomic E-state index is -1.61. The van der Waals surface area contributed by atoms with Crippen LogP contribution >= 0.6 is 12.0 Å². The molecule has 1 aliphatic heterocycles. The smallest absolute Gasteiger partial charge is 0.296 e. The molecule has 34 heavy (non-hydrogen) atoms. The average molecular weight is 671 g/mol. The second-order valence-electron chi connectivity index (χ2n) is 6.67. The fourth-order valence-electron chi connectivity index (χ4n) is 3.04. The van der Waals surface area contributed by atoms with Crippen molar-refractivity contribution < 1.29 is 51.6 Å². The molecule has 13 heteroatoms. The number of halogens is 6. The first kappa shape index (κ1) is 24.3. The number of aromatic nitrogens is 4. The Hall–Kier alpha value is -2.82. The van der Waals surface area contributed by atoms with Crippen LogP contribution in [0.3, 0.4) is 0 Å². The van der Waals surface area contributed by atoms with Crippen LogP contribution in [0.4, 0.5) is 26.3 Å². The van der Waals surface area contributed by atoms with Gasteiger partial charge in [-0.1, -0.05) is 23.3 Å². The molecule has 0 aliphatic carbocycles. The molecule has 174 valence electrons. The van der Waals surface area contributed by atoms with E-state index in [9.17, 15) is 26.3 Å². The summed E-state index contributed by atoms with van der Waals surface area (Å²) in [6, 6.07) is 9.74. The molecule has 0 bridgehead atoms. The van der Waals surface area contributed by atoms with Gasteiger partial charge in [-0.15, -0.1) is 12.1 Å². The van der Waals surface area contributed by atoms with Crippen molar-refractivity contribution in [1.29, 1.82) is 0 Å². The van der Waals surface area contributed by atoms with E-state index >= 15 is 0 Å². The van der Waals surface area contributed by atoms with Crippen LogP contribution in [0.1, 0.15) is 11.4 Å². The molecule has 0 radical (unpaired) electrons. The molecular formula is C21H6F6N4OPtS. The maximum Gasteiger partial charge on any atom is 2.00 e. The van der Waals surface area contributed by atoms with Crippen LogP contribution in [0.15, 0.2) is 36.4 Å². The van der Waals surface area contributed by atoms with Crippen LogP contribution < -0.4 is 0 Å². The maximum absolute atomic E-state index is 14.4. The van der Waals surface area contributed by atoms with Gasteiger partial charge in [0.15, 0.2) is 0 Å². The first-order valence-corrected chi connectivity index (χ1v) is 9.70. The van der Waals surface area contributed by atoms with Crippen molar-refractivity contribution in [3.05, 3.63) is 95.3 Å². The Morgan fingerprint density at radius 1 is 0.676 bits per heavy atom. The van der Waals surface area contributed by atoms with E-state index in [-0.39, 0.29) is 43.8 Å². The van der Waals surface area contributed by atoms with Crippen LogP contribution in [0.25, 0.3) is 22.5 Å². The van der Waals surface area contributed by atoms with Gasteiger partial charge in [-0.05, 0) is 35.7 Å². The third-order valence-electron chi connectivity index (χ3n) is 4.51. The molecule has 0 unspecified atom stereocenters. The summed E-state index contributed by atoms with van der Waals surface area (Å²) in [7, 11) is 0. The van der Waals surface area contributed by atoms with Gasteiger partial charge < -0.3 is 0 Å². The quantitative estimate of drug-likeness (QED) is 0.101. The predicted molar refractivity (Wildman–Crippen MR) is 102 cm³/mol. The van der Waals surface area contributed by atoms with Gasteiger partial charge in [0.2, 0.25) is 4.93 Å². The van der Waals surface area contributed by atoms with Gasteiger partial charge in [0, 0.05) is 12.0 Å². The average Bonchev–Trinajstić information content (AvgIpc) is 3.55. The molecule has 0 saturated carbocycles. The fourth-order valence-corrected chi connectivity index (χ4v) is 3.67. The van der Waals surface area contributed by atoms with Gasteiger partial charge in [-0.2, -0.15) is 0 Å². The van der Waals surface area contributed by atoms with Gasteiger partial charge in [0.1, 0.15) is 35.4 Å². The molecule has 1 aliphatic rings. The number of nitrogens with zero attached hydrogens (tertiary/aromatic N) is 4. The van der Waals surface area contributed by atoms with Crippen LogP contribution in [0.5, 0.6) is 0 Å². The Morgan fingerprint density at radius 3 is 1.44 bits per heavy atom. The molecule has 1 saturated heterocycles. The summed E-state index contributed by atoms with van der Waals surface area (Å²) in [6.45, 7) is 0. The van der Waals surface area contributed by atoms with E-state index in [0.717, 1.165) is 48.4 Å². The van der Waals surface area contributed by atoms with Gasteiger partial charge in [0.05, 0.1) is 11.4 Å². The van der Waals surface area contributed by atoms with E-state index in [1.54, 1.807) is 0 Å². The van der Waals surface area contributed by atoms with E-state index in [1.807, 2.05) is 0 Å². The third kappa shape index (κ3) is 4.45. The summed E-state index contributed by atoms with van der Waals surface area (Å²) >= 11 is 0.743. The van der Waals surface area contributed by atoms with Crippen LogP contribution in [0.2, 0.25) is 0 Å². The second-order valence-corrected chi connectivity index (χ2v) is 7.58. The van der Waals surface area contributed by atoms with Crippen molar-refractivity contribution >= 4 is 12.0 Å². The largest absolute Gasteiger partial charge is 2.00 e. The van der Waals surface area contributed by atoms with Crippen molar-refractivity contribution in [2.45, 2.75) is 4.93 Å². The van der Waals surface area contributed by atoms with E-state index < -0.39 is 51.5 Å². The van der Waals surface area contributed by atoms with Gasteiger partial charge in [-0.3, -0.25) is 24.1 Å². The Morgan fingerprint density at radius 2 is 1.09 bits per heavy atom. The minimum Gasteiger partial charge on any atom is -0.296 e. The SMILES string of the molecule is Fc1cc(-c2[c-]cc(F)nc2F)nc(C2(c3cc(F)cc(-c4[c-]cc(F)nc4F)n3)OS2)c1.[Pt+2]. The standard InChI is InChI=1S/C21H6F6N4OS.Pt/c22-9-5-13(11-1-3-17(24)30-19(11)26)28-15(7-9)21(32-33-21)16-8-10(23)6-14(29-16)12-2-4-18(25)31-20(12)27;/h3-8H;/q-2;+2. The first-order valence-electron chi connectivity index (χ1n) is 8.96. The molecule has 0 spiro atoms. The Balaban J connectivity index is 0.00000274. The van der Waals surface area contributed by atoms with E-state index in [1.165, 1.54) is 0 Å². The van der Waals surface area contributed by atoms with E-state index in [4.69, 9.17) is 4.18 Å². The zero-order valence-electron chi connectivity index (χ0n) is 16.2. The maximum atomic E-state index is 14.4. The third-order valence-corrected chi connectivity index (χ3v) is 5.43. The van der Waals surface area contributed by atoms with E-state index in [0.29, 0.717) is 0 Å². The molecule has 0 atom stereocenters. The van der Waals surface area contributed by atoms with Crippen LogP contribution in [0, 0.1) is 47.6 Å². The summed E-state index contributed by atoms with van der Waals surface area (Å²) in [5.74, 6) is -6.50. The Kier molecular flexibility index (Phi) is 6.50. The zero-order valence-corrected chi connectivity index (χ0v) is 19.2. The van der Waals surface area contributed by atoms with Crippen molar-refractivity contribution in [1.82, 2.24) is 19.9 Å². The molecule has 0 amide bonds. The van der Waals surface area contributed by atoms with E-state index in [2.05, 4.69) is 32.1 Å². The predicted octanol–water partition coefficient (Wildman–Crippen LogP) is 4.91. The molecule has 4 aromatic rings. The number of rotatable bonds is 4. The summed E-state index contributed by atoms with van der Waals surface area (Å²) in [4.78, 5) is 12.7.